The first-order valence-electron chi connectivity index (χ1n) is 32.7. The summed E-state index contributed by atoms with van der Waals surface area (Å²) in [6.07, 6.45) is 33.3. The fraction of sp³-hybridized carbons (Fsp3) is 0.937. The lowest BCUT2D eigenvalue weighted by Gasteiger charge is -2.25. The number of nitrogens with zero attached hydrogens (tertiary/aromatic N) is 3. The van der Waals surface area contributed by atoms with Crippen molar-refractivity contribution in [2.75, 3.05) is 105 Å². The monoisotopic (exact) mass is 1310 g/mol. The van der Waals surface area contributed by atoms with Gasteiger partial charge in [0.05, 0.1) is 25.7 Å². The lowest BCUT2D eigenvalue weighted by molar-refractivity contribution is -0.149. The van der Waals surface area contributed by atoms with Gasteiger partial charge in [-0.3, -0.25) is 19.2 Å². The Balaban J connectivity index is 5.34. The number of unbranched alkanes of at least 4 members (excludes halogenated alkanes) is 20. The lowest BCUT2D eigenvalue weighted by atomic mass is 10.1. The van der Waals surface area contributed by atoms with Crippen molar-refractivity contribution in [2.45, 2.75) is 272 Å². The van der Waals surface area contributed by atoms with Crippen molar-refractivity contribution in [3.8, 4) is 0 Å². The molecule has 0 aromatic rings. The molecule has 0 amide bonds. The minimum Gasteiger partial charge on any atom is -0.462 e. The van der Waals surface area contributed by atoms with E-state index in [0.29, 0.717) is 26.2 Å². The molecule has 0 aliphatic heterocycles. The summed E-state index contributed by atoms with van der Waals surface area (Å²) in [7, 11) is 16.8. The molecule has 0 saturated carbocycles. The smallest absolute Gasteiger partial charge is 0.307 e. The molecule has 4 atom stereocenters. The topological polar surface area (TPSA) is 115 Å². The van der Waals surface area contributed by atoms with E-state index in [1.807, 2.05) is 70.9 Å². The predicted molar refractivity (Wildman–Crippen MR) is 373 cm³/mol. The maximum absolute atomic E-state index is 13.1. The van der Waals surface area contributed by atoms with Gasteiger partial charge >= 0.3 is 23.9 Å². The Bertz CT molecular complexity index is 1260. The minimum atomic E-state index is -0.197. The van der Waals surface area contributed by atoms with Crippen molar-refractivity contribution in [1.29, 1.82) is 0 Å². The zero-order valence-electron chi connectivity index (χ0n) is 53.7. The van der Waals surface area contributed by atoms with Crippen LogP contribution in [0.5, 0.6) is 0 Å². The Labute approximate surface area is 536 Å². The van der Waals surface area contributed by atoms with Gasteiger partial charge in [-0.1, -0.05) is 242 Å². The van der Waals surface area contributed by atoms with Gasteiger partial charge in [0.25, 0.3) is 0 Å². The third-order valence-electron chi connectivity index (χ3n) is 13.8. The van der Waals surface area contributed by atoms with Gasteiger partial charge in [0.2, 0.25) is 0 Å². The average molecular weight is 1310 g/mol. The summed E-state index contributed by atoms with van der Waals surface area (Å²) in [4.78, 5) is 59.2. The van der Waals surface area contributed by atoms with Gasteiger partial charge in [0.1, 0.15) is 24.4 Å². The third kappa shape index (κ3) is 59.5. The largest absolute Gasteiger partial charge is 0.462 e. The van der Waals surface area contributed by atoms with Crippen molar-refractivity contribution in [2.24, 2.45) is 0 Å². The van der Waals surface area contributed by atoms with Crippen molar-refractivity contribution >= 4 is 110 Å². The van der Waals surface area contributed by atoms with E-state index in [1.165, 1.54) is 154 Å². The van der Waals surface area contributed by atoms with E-state index in [2.05, 4.69) is 49.4 Å². The lowest BCUT2D eigenvalue weighted by Crippen LogP contribution is -2.35. The van der Waals surface area contributed by atoms with Crippen LogP contribution in [0.15, 0.2) is 0 Å². The maximum atomic E-state index is 13.1. The van der Waals surface area contributed by atoms with Gasteiger partial charge in [-0.15, -0.1) is 0 Å². The third-order valence-corrected chi connectivity index (χ3v) is 24.3. The highest BCUT2D eigenvalue weighted by molar-refractivity contribution is 8.77. The summed E-state index contributed by atoms with van der Waals surface area (Å²) in [5, 5.41) is 0. The van der Waals surface area contributed by atoms with Crippen molar-refractivity contribution in [3.05, 3.63) is 0 Å². The van der Waals surface area contributed by atoms with Gasteiger partial charge in [-0.25, -0.2) is 0 Å². The van der Waals surface area contributed by atoms with Crippen LogP contribution >= 0.6 is 86.4 Å². The van der Waals surface area contributed by atoms with Gasteiger partial charge < -0.3 is 33.6 Å². The van der Waals surface area contributed by atoms with E-state index in [1.54, 1.807) is 43.2 Å². The number of carbonyl (C=O) groups is 4. The number of carbonyl (C=O) groups excluding carboxylic acids is 4. The molecular formula is C63H123N3O8S8. The molecule has 0 spiro atoms. The molecule has 0 aliphatic rings. The zero-order chi connectivity index (χ0) is 60.4. The molecule has 82 heavy (non-hydrogen) atoms. The second-order valence-corrected chi connectivity index (χ2v) is 32.9. The minimum absolute atomic E-state index is 0.156. The molecule has 0 radical (unpaired) electrons. The van der Waals surface area contributed by atoms with E-state index in [4.69, 9.17) is 18.9 Å². The van der Waals surface area contributed by atoms with Crippen LogP contribution in [0.2, 0.25) is 0 Å². The molecule has 11 nitrogen and oxygen atoms in total. The standard InChI is InChI=1S/C63H123N3O8S8/c1-10-14-18-22-26-30-48-75-79-52-56(5)71-60(67)36-44-65(45-37-61(68)72-57(6)53-80-76-49-31-27-23-19-15-11-2)42-34-40-64(9)41-35-43-66(46-38-62(69)73-58(7)54-81-77-50-32-28-24-20-16-12-3)47-39-63(70)74-59(8)55-82-78-51-33-29-25-21-17-13-4/h56-59H,10-55H2,1-9H3. The molecule has 0 fully saturated rings. The second kappa shape index (κ2) is 63.1. The molecule has 4 unspecified atom stereocenters. The molecular weight excluding hydrogens is 1180 g/mol. The number of esters is 4. The molecule has 0 saturated heterocycles. The van der Waals surface area contributed by atoms with E-state index >= 15 is 0 Å². The zero-order valence-corrected chi connectivity index (χ0v) is 60.2. The second-order valence-electron chi connectivity index (χ2n) is 22.4. The number of rotatable bonds is 64. The molecule has 0 heterocycles. The summed E-state index contributed by atoms with van der Waals surface area (Å²) < 4.78 is 23.4. The van der Waals surface area contributed by atoms with Crippen LogP contribution in [0.1, 0.15) is 248 Å². The van der Waals surface area contributed by atoms with E-state index in [-0.39, 0.29) is 74.0 Å². The molecule has 486 valence electrons. The summed E-state index contributed by atoms with van der Waals surface area (Å²) >= 11 is 0. The van der Waals surface area contributed by atoms with E-state index in [9.17, 15) is 19.2 Å². The molecule has 0 aromatic heterocycles. The molecule has 0 aliphatic carbocycles. The highest BCUT2D eigenvalue weighted by Gasteiger charge is 2.19. The summed E-state index contributed by atoms with van der Waals surface area (Å²) in [5.74, 6) is 6.82. The fourth-order valence-electron chi connectivity index (χ4n) is 8.75. The SMILES string of the molecule is CCCCCCCCSSCC(C)OC(=O)CCN(CCCN(C)CCCN(CCC(=O)OC(C)CSSCCCCCCCC)CCC(=O)OC(C)CSSCCCCCCCC)CCC(=O)OC(C)CSSCCCCCCCC. The Morgan fingerprint density at radius 2 is 0.512 bits per heavy atom. The maximum Gasteiger partial charge on any atom is 0.307 e. The first-order chi connectivity index (χ1) is 39.8. The van der Waals surface area contributed by atoms with Crippen LogP contribution in [-0.4, -0.2) is 168 Å². The van der Waals surface area contributed by atoms with Crippen LogP contribution in [0.25, 0.3) is 0 Å². The van der Waals surface area contributed by atoms with Crippen LogP contribution in [-0.2, 0) is 38.1 Å². The first-order valence-corrected chi connectivity index (χ1v) is 42.7. The van der Waals surface area contributed by atoms with Gasteiger partial charge in [-0.2, -0.15) is 0 Å². The van der Waals surface area contributed by atoms with Crippen LogP contribution < -0.4 is 0 Å². The normalized spacial score (nSPS) is 13.2. The fourth-order valence-corrected chi connectivity index (χ4v) is 18.2. The summed E-state index contributed by atoms with van der Waals surface area (Å²) in [6.45, 7) is 22.2. The Hall–Kier alpha value is 0.560. The van der Waals surface area contributed by atoms with Crippen LogP contribution in [0.3, 0.4) is 0 Å². The predicted octanol–water partition coefficient (Wildman–Crippen LogP) is 18.6. The number of hydrogen-bond acceptors (Lipinski definition) is 19. The molecule has 0 bridgehead atoms. The first kappa shape index (κ1) is 82.6. The van der Waals surface area contributed by atoms with E-state index < -0.39 is 0 Å². The van der Waals surface area contributed by atoms with Crippen molar-refractivity contribution in [1.82, 2.24) is 14.7 Å². The average Bonchev–Trinajstić information content (AvgIpc) is 3.45. The molecule has 0 N–H and O–H groups in total. The van der Waals surface area contributed by atoms with Crippen LogP contribution in [0.4, 0.5) is 0 Å². The van der Waals surface area contributed by atoms with Crippen LogP contribution in [0, 0.1) is 0 Å². The molecule has 19 heteroatoms. The van der Waals surface area contributed by atoms with E-state index in [0.717, 1.165) is 85.0 Å². The Kier molecular flexibility index (Phi) is 63.6. The van der Waals surface area contributed by atoms with Crippen molar-refractivity contribution in [3.63, 3.8) is 0 Å². The quantitative estimate of drug-likeness (QED) is 0.0249. The van der Waals surface area contributed by atoms with Gasteiger partial charge in [0, 0.05) is 72.2 Å². The highest BCUT2D eigenvalue weighted by atomic mass is 33.1. The van der Waals surface area contributed by atoms with Gasteiger partial charge in [-0.05, 0) is 99.4 Å². The summed E-state index contributed by atoms with van der Waals surface area (Å²) in [5.41, 5.74) is 0. The summed E-state index contributed by atoms with van der Waals surface area (Å²) in [6, 6.07) is 0. The Morgan fingerprint density at radius 1 is 0.293 bits per heavy atom. The van der Waals surface area contributed by atoms with Gasteiger partial charge in [0.15, 0.2) is 0 Å². The molecule has 0 aromatic carbocycles. The van der Waals surface area contributed by atoms with Crippen molar-refractivity contribution < 1.29 is 38.1 Å². The number of hydrogen-bond donors (Lipinski definition) is 0. The number of ether oxygens (including phenoxy) is 4. The Morgan fingerprint density at radius 3 is 0.744 bits per heavy atom. The molecule has 0 rings (SSSR count). The highest BCUT2D eigenvalue weighted by Crippen LogP contribution is 2.28.